The molecule has 0 aliphatic carbocycles. The number of aryl methyl sites for hydroxylation is 1. The molecule has 1 N–H and O–H groups in total. The van der Waals surface area contributed by atoms with Gasteiger partial charge in [0.1, 0.15) is 0 Å². The van der Waals surface area contributed by atoms with E-state index >= 15 is 0 Å². The van der Waals surface area contributed by atoms with Crippen LogP contribution in [0.25, 0.3) is 16.6 Å². The van der Waals surface area contributed by atoms with Gasteiger partial charge in [0.25, 0.3) is 5.56 Å². The molecule has 1 amide bonds. The highest BCUT2D eigenvalue weighted by Gasteiger charge is 2.20. The number of carbonyl (C=O) groups is 1. The largest absolute Gasteiger partial charge is 0.355 e. The number of halogens is 1. The van der Waals surface area contributed by atoms with Gasteiger partial charge in [-0.15, -0.1) is 0 Å². The highest BCUT2D eigenvalue weighted by Crippen LogP contribution is 2.26. The summed E-state index contributed by atoms with van der Waals surface area (Å²) >= 11 is 7.33. The summed E-state index contributed by atoms with van der Waals surface area (Å²) in [5.41, 5.74) is 2.08. The lowest BCUT2D eigenvalue weighted by Crippen LogP contribution is -2.31. The summed E-state index contributed by atoms with van der Waals surface area (Å²) in [4.78, 5) is 30.0. The van der Waals surface area contributed by atoms with Crippen LogP contribution in [0.2, 0.25) is 5.02 Å². The van der Waals surface area contributed by atoms with Crippen LogP contribution in [0.1, 0.15) is 19.4 Å². The summed E-state index contributed by atoms with van der Waals surface area (Å²) < 4.78 is 1.56. The SMILES string of the molecule is CCNC(=O)[C@H](C)Sc1nc2cc(Cl)ccc2c(=O)n1-c1cccc(C)c1. The Morgan fingerprint density at radius 2 is 2.07 bits per heavy atom. The molecule has 0 unspecified atom stereocenters. The molecule has 0 aliphatic rings. The number of hydrogen-bond donors (Lipinski definition) is 1. The molecule has 0 saturated carbocycles. The Labute approximate surface area is 166 Å². The molecule has 0 spiro atoms. The first-order valence-electron chi connectivity index (χ1n) is 8.64. The van der Waals surface area contributed by atoms with Gasteiger partial charge in [-0.2, -0.15) is 0 Å². The van der Waals surface area contributed by atoms with E-state index in [4.69, 9.17) is 11.6 Å². The van der Waals surface area contributed by atoms with E-state index in [9.17, 15) is 9.59 Å². The Morgan fingerprint density at radius 1 is 1.30 bits per heavy atom. The molecule has 0 fully saturated rings. The average Bonchev–Trinajstić information content (AvgIpc) is 2.61. The topological polar surface area (TPSA) is 64.0 Å². The molecule has 7 heteroatoms. The van der Waals surface area contributed by atoms with Crippen molar-refractivity contribution in [2.45, 2.75) is 31.2 Å². The molecule has 0 aliphatic heterocycles. The predicted molar refractivity (Wildman–Crippen MR) is 111 cm³/mol. The van der Waals surface area contributed by atoms with E-state index in [0.717, 1.165) is 11.3 Å². The first-order chi connectivity index (χ1) is 12.9. The maximum absolute atomic E-state index is 13.2. The summed E-state index contributed by atoms with van der Waals surface area (Å²) in [7, 11) is 0. The lowest BCUT2D eigenvalue weighted by Gasteiger charge is -2.16. The predicted octanol–water partition coefficient (Wildman–Crippen LogP) is 3.96. The third-order valence-corrected chi connectivity index (χ3v) is 5.35. The summed E-state index contributed by atoms with van der Waals surface area (Å²) in [6.07, 6.45) is 0. The molecule has 3 rings (SSSR count). The maximum atomic E-state index is 13.2. The number of thioether (sulfide) groups is 1. The van der Waals surface area contributed by atoms with E-state index in [1.54, 1.807) is 29.7 Å². The second kappa shape index (κ2) is 8.15. The van der Waals surface area contributed by atoms with E-state index in [1.807, 2.05) is 38.1 Å². The molecule has 0 radical (unpaired) electrons. The molecule has 1 heterocycles. The number of aromatic nitrogens is 2. The molecule has 1 aromatic heterocycles. The molecule has 27 heavy (non-hydrogen) atoms. The Bertz CT molecular complexity index is 1060. The second-order valence-corrected chi connectivity index (χ2v) is 7.93. The van der Waals surface area contributed by atoms with Crippen LogP contribution in [0, 0.1) is 6.92 Å². The second-order valence-electron chi connectivity index (χ2n) is 6.19. The molecular weight excluding hydrogens is 382 g/mol. The lowest BCUT2D eigenvalue weighted by atomic mass is 10.2. The fraction of sp³-hybridized carbons (Fsp3) is 0.250. The van der Waals surface area contributed by atoms with Crippen LogP contribution >= 0.6 is 23.4 Å². The van der Waals surface area contributed by atoms with Crippen molar-refractivity contribution >= 4 is 40.2 Å². The van der Waals surface area contributed by atoms with Gasteiger partial charge in [0.2, 0.25) is 5.91 Å². The van der Waals surface area contributed by atoms with Gasteiger partial charge in [0.05, 0.1) is 21.8 Å². The van der Waals surface area contributed by atoms with E-state index in [1.165, 1.54) is 11.8 Å². The number of nitrogens with zero attached hydrogens (tertiary/aromatic N) is 2. The average molecular weight is 402 g/mol. The number of nitrogens with one attached hydrogen (secondary N) is 1. The zero-order chi connectivity index (χ0) is 19.6. The van der Waals surface area contributed by atoms with Crippen molar-refractivity contribution in [2.24, 2.45) is 0 Å². The number of amides is 1. The smallest absolute Gasteiger partial charge is 0.266 e. The molecule has 0 saturated heterocycles. The molecule has 2 aromatic carbocycles. The lowest BCUT2D eigenvalue weighted by molar-refractivity contribution is -0.120. The number of fused-ring (bicyclic) bond motifs is 1. The van der Waals surface area contributed by atoms with Gasteiger partial charge in [0.15, 0.2) is 5.16 Å². The standard InChI is InChI=1S/C20H20ClN3O2S/c1-4-22-18(25)13(3)27-20-23-17-11-14(21)8-9-16(17)19(26)24(20)15-7-5-6-12(2)10-15/h5-11,13H,4H2,1-3H3,(H,22,25)/t13-/m0/s1. The van der Waals surface area contributed by atoms with Crippen LogP contribution in [0.5, 0.6) is 0 Å². The van der Waals surface area contributed by atoms with Crippen molar-refractivity contribution in [3.05, 3.63) is 63.4 Å². The van der Waals surface area contributed by atoms with Crippen molar-refractivity contribution in [1.29, 1.82) is 0 Å². The van der Waals surface area contributed by atoms with Gasteiger partial charge in [-0.1, -0.05) is 35.5 Å². The molecular formula is C20H20ClN3O2S. The van der Waals surface area contributed by atoms with E-state index in [2.05, 4.69) is 10.3 Å². The van der Waals surface area contributed by atoms with Crippen LogP contribution in [-0.2, 0) is 4.79 Å². The van der Waals surface area contributed by atoms with Crippen molar-refractivity contribution in [1.82, 2.24) is 14.9 Å². The van der Waals surface area contributed by atoms with Crippen molar-refractivity contribution in [3.8, 4) is 5.69 Å². The van der Waals surface area contributed by atoms with E-state index in [-0.39, 0.29) is 11.5 Å². The van der Waals surface area contributed by atoms with Gasteiger partial charge in [0, 0.05) is 11.6 Å². The number of rotatable bonds is 5. The van der Waals surface area contributed by atoms with Gasteiger partial charge in [-0.05, 0) is 56.7 Å². The normalized spacial score (nSPS) is 12.1. The zero-order valence-corrected chi connectivity index (χ0v) is 16.9. The minimum absolute atomic E-state index is 0.0984. The van der Waals surface area contributed by atoms with Gasteiger partial charge in [-0.3, -0.25) is 14.2 Å². The van der Waals surface area contributed by atoms with Gasteiger partial charge < -0.3 is 5.32 Å². The molecule has 1 atom stereocenters. The monoisotopic (exact) mass is 401 g/mol. The molecule has 140 valence electrons. The highest BCUT2D eigenvalue weighted by molar-refractivity contribution is 8.00. The first kappa shape index (κ1) is 19.5. The molecule has 3 aromatic rings. The Morgan fingerprint density at radius 3 is 2.78 bits per heavy atom. The Hall–Kier alpha value is -2.31. The maximum Gasteiger partial charge on any atom is 0.266 e. The first-order valence-corrected chi connectivity index (χ1v) is 9.90. The fourth-order valence-electron chi connectivity index (χ4n) is 2.74. The zero-order valence-electron chi connectivity index (χ0n) is 15.3. The van der Waals surface area contributed by atoms with Gasteiger partial charge in [-0.25, -0.2) is 4.98 Å². The summed E-state index contributed by atoms with van der Waals surface area (Å²) in [6, 6.07) is 12.7. The fourth-order valence-corrected chi connectivity index (χ4v) is 3.86. The van der Waals surface area contributed by atoms with Crippen molar-refractivity contribution < 1.29 is 4.79 Å². The summed E-state index contributed by atoms with van der Waals surface area (Å²) in [6.45, 7) is 6.18. The quantitative estimate of drug-likeness (QED) is 0.519. The van der Waals surface area contributed by atoms with Crippen LogP contribution < -0.4 is 10.9 Å². The van der Waals surface area contributed by atoms with Crippen molar-refractivity contribution in [3.63, 3.8) is 0 Å². The van der Waals surface area contributed by atoms with E-state index in [0.29, 0.717) is 27.6 Å². The third-order valence-electron chi connectivity index (χ3n) is 4.06. The summed E-state index contributed by atoms with van der Waals surface area (Å²) in [5.74, 6) is -0.0984. The third kappa shape index (κ3) is 4.17. The Kier molecular flexibility index (Phi) is 5.87. The number of hydrogen-bond acceptors (Lipinski definition) is 4. The minimum Gasteiger partial charge on any atom is -0.355 e. The minimum atomic E-state index is -0.399. The molecule has 0 bridgehead atoms. The van der Waals surface area contributed by atoms with Crippen LogP contribution in [0.15, 0.2) is 52.4 Å². The Balaban J connectivity index is 2.21. The highest BCUT2D eigenvalue weighted by atomic mass is 35.5. The van der Waals surface area contributed by atoms with Crippen LogP contribution in [-0.4, -0.2) is 27.3 Å². The summed E-state index contributed by atoms with van der Waals surface area (Å²) in [5, 5.41) is 3.85. The van der Waals surface area contributed by atoms with Gasteiger partial charge >= 0.3 is 0 Å². The van der Waals surface area contributed by atoms with Crippen LogP contribution in [0.4, 0.5) is 0 Å². The number of benzene rings is 2. The van der Waals surface area contributed by atoms with E-state index < -0.39 is 5.25 Å². The van der Waals surface area contributed by atoms with Crippen molar-refractivity contribution in [2.75, 3.05) is 6.54 Å². The van der Waals surface area contributed by atoms with Crippen LogP contribution in [0.3, 0.4) is 0 Å². The number of carbonyl (C=O) groups excluding carboxylic acids is 1. The molecule has 5 nitrogen and oxygen atoms in total.